The highest BCUT2D eigenvalue weighted by molar-refractivity contribution is 5.73. The number of carbonyl (C=O) groups excluding carboxylic acids is 1. The van der Waals surface area contributed by atoms with Crippen LogP contribution in [0.1, 0.15) is 43.9 Å². The van der Waals surface area contributed by atoms with E-state index in [-0.39, 0.29) is 35.9 Å². The van der Waals surface area contributed by atoms with Crippen molar-refractivity contribution in [3.05, 3.63) is 35.7 Å². The highest BCUT2D eigenvalue weighted by Gasteiger charge is 2.37. The van der Waals surface area contributed by atoms with Crippen LogP contribution in [-0.2, 0) is 17.4 Å². The van der Waals surface area contributed by atoms with Gasteiger partial charge >= 0.3 is 6.18 Å². The molecule has 0 spiro atoms. The first-order chi connectivity index (χ1) is 18.1. The molecule has 8 nitrogen and oxygen atoms in total. The van der Waals surface area contributed by atoms with Crippen molar-refractivity contribution in [2.24, 2.45) is 5.92 Å². The number of aromatic nitrogens is 2. The molecule has 0 radical (unpaired) electrons. The lowest BCUT2D eigenvalue weighted by molar-refractivity contribution is -0.139. The van der Waals surface area contributed by atoms with Crippen molar-refractivity contribution in [3.8, 4) is 5.75 Å². The Kier molecular flexibility index (Phi) is 8.64. The van der Waals surface area contributed by atoms with Gasteiger partial charge in [0, 0.05) is 64.1 Å². The van der Waals surface area contributed by atoms with E-state index in [9.17, 15) is 18.0 Å². The highest BCUT2D eigenvalue weighted by Crippen LogP contribution is 2.37. The Labute approximate surface area is 222 Å². The molecule has 2 fully saturated rings. The summed E-state index contributed by atoms with van der Waals surface area (Å²) in [5.74, 6) is 0.432. The quantitative estimate of drug-likeness (QED) is 0.558. The normalized spacial score (nSPS) is 20.8. The molecule has 1 amide bonds. The number of hydrogen-bond donors (Lipinski definition) is 1. The maximum absolute atomic E-state index is 13.9. The lowest BCUT2D eigenvalue weighted by Gasteiger charge is -2.37. The fraction of sp³-hybridized carbons (Fsp3) is 0.593. The number of anilines is 3. The largest absolute Gasteiger partial charge is 0.494 e. The van der Waals surface area contributed by atoms with E-state index in [1.54, 1.807) is 19.1 Å². The zero-order chi connectivity index (χ0) is 27.4. The molecular formula is C27H37F3N6O2. The molecule has 1 N–H and O–H groups in total. The number of carbonyl (C=O) groups is 1. The molecule has 0 bridgehead atoms. The number of piperazine rings is 1. The summed E-state index contributed by atoms with van der Waals surface area (Å²) in [6.07, 6.45) is -0.224. The molecule has 38 heavy (non-hydrogen) atoms. The molecule has 1 saturated heterocycles. The van der Waals surface area contributed by atoms with E-state index >= 15 is 0 Å². The molecule has 2 aromatic rings. The number of nitrogens with one attached hydrogen (secondary N) is 1. The Balaban J connectivity index is 1.59. The molecule has 1 aromatic heterocycles. The minimum Gasteiger partial charge on any atom is -0.494 e. The van der Waals surface area contributed by atoms with Crippen LogP contribution in [-0.4, -0.2) is 79.1 Å². The zero-order valence-electron chi connectivity index (χ0n) is 22.5. The summed E-state index contributed by atoms with van der Waals surface area (Å²) < 4.78 is 47.3. The fourth-order valence-corrected chi connectivity index (χ4v) is 5.45. The number of benzene rings is 1. The smallest absolute Gasteiger partial charge is 0.419 e. The SMILES string of the molecule is COc1cc(N2CCN(C)CC2)ccc1Nc1ncc(C(F)(F)F)c(C[C@@H]2CCCC[C@H]2N(C)C(C)=O)n1. The monoisotopic (exact) mass is 534 g/mol. The summed E-state index contributed by atoms with van der Waals surface area (Å²) in [6, 6.07) is 5.61. The van der Waals surface area contributed by atoms with Crippen molar-refractivity contribution in [3.63, 3.8) is 0 Å². The van der Waals surface area contributed by atoms with Gasteiger partial charge in [0.1, 0.15) is 5.75 Å². The molecule has 11 heteroatoms. The van der Waals surface area contributed by atoms with Crippen LogP contribution in [0.4, 0.5) is 30.5 Å². The second kappa shape index (κ2) is 11.8. The van der Waals surface area contributed by atoms with Gasteiger partial charge in [0.05, 0.1) is 24.1 Å². The second-order valence-corrected chi connectivity index (χ2v) is 10.3. The summed E-state index contributed by atoms with van der Waals surface area (Å²) in [4.78, 5) is 26.6. The van der Waals surface area contributed by atoms with E-state index in [4.69, 9.17) is 4.74 Å². The van der Waals surface area contributed by atoms with E-state index in [0.717, 1.165) is 63.7 Å². The summed E-state index contributed by atoms with van der Waals surface area (Å²) >= 11 is 0. The number of hydrogen-bond acceptors (Lipinski definition) is 7. The van der Waals surface area contributed by atoms with Crippen molar-refractivity contribution in [2.75, 3.05) is 57.6 Å². The molecule has 1 aliphatic carbocycles. The van der Waals surface area contributed by atoms with Gasteiger partial charge in [-0.2, -0.15) is 13.2 Å². The fourth-order valence-electron chi connectivity index (χ4n) is 5.45. The molecule has 4 rings (SSSR count). The van der Waals surface area contributed by atoms with E-state index < -0.39 is 11.7 Å². The van der Waals surface area contributed by atoms with E-state index in [0.29, 0.717) is 11.4 Å². The van der Waals surface area contributed by atoms with Crippen LogP contribution in [0.25, 0.3) is 0 Å². The van der Waals surface area contributed by atoms with E-state index in [2.05, 4.69) is 32.1 Å². The van der Waals surface area contributed by atoms with Crippen molar-refractivity contribution in [1.29, 1.82) is 0 Å². The number of rotatable bonds is 7. The van der Waals surface area contributed by atoms with Gasteiger partial charge in [-0.05, 0) is 44.4 Å². The van der Waals surface area contributed by atoms with Crippen molar-refractivity contribution in [2.45, 2.75) is 51.2 Å². The Morgan fingerprint density at radius 3 is 2.55 bits per heavy atom. The van der Waals surface area contributed by atoms with Crippen molar-refractivity contribution in [1.82, 2.24) is 19.8 Å². The van der Waals surface area contributed by atoms with Gasteiger partial charge in [-0.1, -0.05) is 12.8 Å². The number of alkyl halides is 3. The first kappa shape index (κ1) is 27.9. The van der Waals surface area contributed by atoms with Crippen LogP contribution in [0.15, 0.2) is 24.4 Å². The Bertz CT molecular complexity index is 1120. The molecule has 2 aliphatic rings. The number of nitrogens with zero attached hydrogens (tertiary/aromatic N) is 5. The van der Waals surface area contributed by atoms with Crippen LogP contribution >= 0.6 is 0 Å². The van der Waals surface area contributed by atoms with Crippen LogP contribution in [0, 0.1) is 5.92 Å². The predicted molar refractivity (Wildman–Crippen MR) is 141 cm³/mol. The van der Waals surface area contributed by atoms with Gasteiger partial charge in [0.2, 0.25) is 11.9 Å². The van der Waals surface area contributed by atoms with Gasteiger partial charge in [0.15, 0.2) is 0 Å². The molecule has 208 valence electrons. The Hall–Kier alpha value is -3.08. The van der Waals surface area contributed by atoms with E-state index in [1.165, 1.54) is 6.92 Å². The van der Waals surface area contributed by atoms with E-state index in [1.807, 2.05) is 18.2 Å². The van der Waals surface area contributed by atoms with Gasteiger partial charge in [-0.3, -0.25) is 4.79 Å². The maximum atomic E-state index is 13.9. The molecule has 2 heterocycles. The van der Waals surface area contributed by atoms with Crippen LogP contribution < -0.4 is 15.0 Å². The summed E-state index contributed by atoms with van der Waals surface area (Å²) in [5.41, 5.74) is 0.697. The highest BCUT2D eigenvalue weighted by atomic mass is 19.4. The van der Waals surface area contributed by atoms with Gasteiger partial charge in [-0.15, -0.1) is 0 Å². The number of likely N-dealkylation sites (N-methyl/N-ethyl adjacent to an activating group) is 1. The van der Waals surface area contributed by atoms with Crippen molar-refractivity contribution >= 4 is 23.2 Å². The van der Waals surface area contributed by atoms with Gasteiger partial charge in [0.25, 0.3) is 0 Å². The average Bonchev–Trinajstić information content (AvgIpc) is 2.88. The third kappa shape index (κ3) is 6.48. The molecular weight excluding hydrogens is 497 g/mol. The van der Waals surface area contributed by atoms with Crippen molar-refractivity contribution < 1.29 is 22.7 Å². The standard InChI is InChI=1S/C27H37F3N6O2/c1-18(37)35(3)24-8-6-5-7-19(24)15-23-21(27(28,29)30)17-31-26(33-23)32-22-10-9-20(16-25(22)38-4)36-13-11-34(2)12-14-36/h9-10,16-17,19,24H,5-8,11-15H2,1-4H3,(H,31,32,33)/t19-,24+/m0/s1. The number of ether oxygens (including phenoxy) is 1. The topological polar surface area (TPSA) is 73.8 Å². The molecule has 2 atom stereocenters. The summed E-state index contributed by atoms with van der Waals surface area (Å²) in [5, 5.41) is 3.06. The average molecular weight is 535 g/mol. The molecule has 1 aliphatic heterocycles. The molecule has 1 saturated carbocycles. The minimum absolute atomic E-state index is 0.0584. The number of methoxy groups -OCH3 is 1. The Morgan fingerprint density at radius 2 is 1.89 bits per heavy atom. The lowest BCUT2D eigenvalue weighted by atomic mass is 9.80. The first-order valence-corrected chi connectivity index (χ1v) is 13.1. The van der Waals surface area contributed by atoms with Gasteiger partial charge < -0.3 is 24.8 Å². The lowest BCUT2D eigenvalue weighted by Crippen LogP contribution is -2.44. The Morgan fingerprint density at radius 1 is 1.18 bits per heavy atom. The number of amides is 1. The second-order valence-electron chi connectivity index (χ2n) is 10.3. The van der Waals surface area contributed by atoms with Crippen LogP contribution in [0.5, 0.6) is 5.75 Å². The third-order valence-electron chi connectivity index (χ3n) is 7.79. The molecule has 1 aromatic carbocycles. The first-order valence-electron chi connectivity index (χ1n) is 13.1. The van der Waals surface area contributed by atoms with Crippen LogP contribution in [0.2, 0.25) is 0 Å². The maximum Gasteiger partial charge on any atom is 0.419 e. The predicted octanol–water partition coefficient (Wildman–Crippen LogP) is 4.58. The third-order valence-corrected chi connectivity index (χ3v) is 7.79. The summed E-state index contributed by atoms with van der Waals surface area (Å²) in [6.45, 7) is 5.22. The zero-order valence-corrected chi connectivity index (χ0v) is 22.5. The number of halogens is 3. The minimum atomic E-state index is -4.58. The van der Waals surface area contributed by atoms with Crippen LogP contribution in [0.3, 0.4) is 0 Å². The van der Waals surface area contributed by atoms with Gasteiger partial charge in [-0.25, -0.2) is 9.97 Å². The summed E-state index contributed by atoms with van der Waals surface area (Å²) in [7, 11) is 5.38. The molecule has 0 unspecified atom stereocenters.